The summed E-state index contributed by atoms with van der Waals surface area (Å²) in [6.07, 6.45) is 5.00. The van der Waals surface area contributed by atoms with Crippen molar-refractivity contribution in [1.29, 1.82) is 0 Å². The average molecular weight is 282 g/mol. The van der Waals surface area contributed by atoms with E-state index in [0.717, 1.165) is 38.8 Å². The van der Waals surface area contributed by atoms with Gasteiger partial charge in [0.15, 0.2) is 0 Å². The first-order valence-corrected chi connectivity index (χ1v) is 7.82. The second-order valence-corrected chi connectivity index (χ2v) is 6.19. The third-order valence-corrected chi connectivity index (χ3v) is 4.87. The number of rotatable bonds is 4. The number of nitrogens with one attached hydrogen (secondary N) is 1. The summed E-state index contributed by atoms with van der Waals surface area (Å²) in [5.74, 6) is -0.721. The molecular weight excluding hydrogens is 256 g/mol. The minimum Gasteiger partial charge on any atom is -0.481 e. The van der Waals surface area contributed by atoms with Crippen LogP contribution in [0, 0.1) is 11.3 Å². The number of carbonyl (C=O) groups excluding carboxylic acids is 1. The molecule has 0 atom stereocenters. The molecule has 2 fully saturated rings. The van der Waals surface area contributed by atoms with Gasteiger partial charge < -0.3 is 15.3 Å². The molecule has 2 rings (SSSR count). The van der Waals surface area contributed by atoms with E-state index < -0.39 is 5.97 Å². The Balaban J connectivity index is 2.00. The molecule has 114 valence electrons. The lowest BCUT2D eigenvalue weighted by molar-refractivity contribution is -0.150. The highest BCUT2D eigenvalue weighted by atomic mass is 16.4. The summed E-state index contributed by atoms with van der Waals surface area (Å²) in [7, 11) is 0. The smallest absolute Gasteiger partial charge is 0.306 e. The molecule has 2 N–H and O–H groups in total. The zero-order chi connectivity index (χ0) is 14.6. The van der Waals surface area contributed by atoms with Gasteiger partial charge in [0.05, 0.1) is 11.3 Å². The van der Waals surface area contributed by atoms with Crippen LogP contribution in [0.25, 0.3) is 0 Å². The van der Waals surface area contributed by atoms with Crippen molar-refractivity contribution in [2.75, 3.05) is 26.2 Å². The van der Waals surface area contributed by atoms with E-state index in [2.05, 4.69) is 12.2 Å². The first-order valence-electron chi connectivity index (χ1n) is 7.82. The summed E-state index contributed by atoms with van der Waals surface area (Å²) in [4.78, 5) is 25.8. The number of piperidine rings is 2. The Bertz CT molecular complexity index is 351. The first kappa shape index (κ1) is 15.3. The van der Waals surface area contributed by atoms with E-state index in [1.807, 2.05) is 4.90 Å². The molecule has 2 saturated heterocycles. The number of likely N-dealkylation sites (tertiary alicyclic amines) is 1. The second kappa shape index (κ2) is 6.57. The van der Waals surface area contributed by atoms with Crippen molar-refractivity contribution in [2.24, 2.45) is 11.3 Å². The van der Waals surface area contributed by atoms with Crippen molar-refractivity contribution in [3.05, 3.63) is 0 Å². The van der Waals surface area contributed by atoms with Gasteiger partial charge in [-0.05, 0) is 45.2 Å². The minimum absolute atomic E-state index is 0.198. The van der Waals surface area contributed by atoms with Crippen LogP contribution in [0.4, 0.5) is 0 Å². The van der Waals surface area contributed by atoms with Gasteiger partial charge in [0.1, 0.15) is 0 Å². The fourth-order valence-corrected chi connectivity index (χ4v) is 3.62. The standard InChI is InChI=1S/C15H26N2O3/c1-2-5-15(6-8-16-9-7-15)14(20)17-10-3-12(4-11-17)13(18)19/h12,16H,2-11H2,1H3,(H,18,19). The Morgan fingerprint density at radius 2 is 1.85 bits per heavy atom. The van der Waals surface area contributed by atoms with Crippen molar-refractivity contribution in [3.63, 3.8) is 0 Å². The lowest BCUT2D eigenvalue weighted by atomic mass is 9.73. The number of aliphatic carboxylic acids is 1. The fourth-order valence-electron chi connectivity index (χ4n) is 3.62. The highest BCUT2D eigenvalue weighted by Gasteiger charge is 2.42. The molecule has 2 heterocycles. The van der Waals surface area contributed by atoms with Crippen LogP contribution in [0.2, 0.25) is 0 Å². The predicted octanol–water partition coefficient (Wildman–Crippen LogP) is 1.48. The SMILES string of the molecule is CCCC1(C(=O)N2CCC(C(=O)O)CC2)CCNCC1. The van der Waals surface area contributed by atoms with E-state index in [1.54, 1.807) is 0 Å². The molecule has 0 aromatic rings. The number of nitrogens with zero attached hydrogens (tertiary/aromatic N) is 1. The molecule has 1 amide bonds. The van der Waals surface area contributed by atoms with Crippen molar-refractivity contribution >= 4 is 11.9 Å². The number of carbonyl (C=O) groups is 2. The number of hydrogen-bond acceptors (Lipinski definition) is 3. The summed E-state index contributed by atoms with van der Waals surface area (Å²) in [6.45, 7) is 5.17. The summed E-state index contributed by atoms with van der Waals surface area (Å²) in [6, 6.07) is 0. The first-order chi connectivity index (χ1) is 9.59. The maximum atomic E-state index is 12.9. The molecule has 0 aromatic heterocycles. The largest absolute Gasteiger partial charge is 0.481 e. The van der Waals surface area contributed by atoms with E-state index in [0.29, 0.717) is 25.9 Å². The van der Waals surface area contributed by atoms with Gasteiger partial charge >= 0.3 is 5.97 Å². The third-order valence-electron chi connectivity index (χ3n) is 4.87. The molecule has 5 heteroatoms. The van der Waals surface area contributed by atoms with Gasteiger partial charge in [0, 0.05) is 13.1 Å². The number of amides is 1. The van der Waals surface area contributed by atoms with E-state index in [4.69, 9.17) is 5.11 Å². The number of carboxylic acids is 1. The summed E-state index contributed by atoms with van der Waals surface area (Å²) >= 11 is 0. The third kappa shape index (κ3) is 3.14. The monoisotopic (exact) mass is 282 g/mol. The van der Waals surface area contributed by atoms with Gasteiger partial charge in [-0.15, -0.1) is 0 Å². The van der Waals surface area contributed by atoms with Crippen LogP contribution < -0.4 is 5.32 Å². The van der Waals surface area contributed by atoms with Gasteiger partial charge in [0.2, 0.25) is 5.91 Å². The molecule has 5 nitrogen and oxygen atoms in total. The molecule has 0 unspecified atom stereocenters. The van der Waals surface area contributed by atoms with Crippen LogP contribution in [0.5, 0.6) is 0 Å². The molecule has 0 aliphatic carbocycles. The highest BCUT2D eigenvalue weighted by molar-refractivity contribution is 5.83. The molecule has 2 aliphatic heterocycles. The number of hydrogen-bond donors (Lipinski definition) is 2. The maximum absolute atomic E-state index is 12.9. The molecule has 0 saturated carbocycles. The van der Waals surface area contributed by atoms with Crippen LogP contribution in [-0.2, 0) is 9.59 Å². The fraction of sp³-hybridized carbons (Fsp3) is 0.867. The zero-order valence-electron chi connectivity index (χ0n) is 12.4. The summed E-state index contributed by atoms with van der Waals surface area (Å²) in [5.41, 5.74) is -0.198. The second-order valence-electron chi connectivity index (χ2n) is 6.19. The van der Waals surface area contributed by atoms with Crippen molar-refractivity contribution < 1.29 is 14.7 Å². The highest BCUT2D eigenvalue weighted by Crippen LogP contribution is 2.37. The lowest BCUT2D eigenvalue weighted by Gasteiger charge is -2.42. The Morgan fingerprint density at radius 1 is 1.25 bits per heavy atom. The molecular formula is C15H26N2O3. The topological polar surface area (TPSA) is 69.6 Å². The van der Waals surface area contributed by atoms with Crippen molar-refractivity contribution in [1.82, 2.24) is 10.2 Å². The summed E-state index contributed by atoms with van der Waals surface area (Å²) in [5, 5.41) is 12.4. The molecule has 20 heavy (non-hydrogen) atoms. The molecule has 0 radical (unpaired) electrons. The normalized spacial score (nSPS) is 23.6. The lowest BCUT2D eigenvalue weighted by Crippen LogP contribution is -2.51. The van der Waals surface area contributed by atoms with E-state index >= 15 is 0 Å². The quantitative estimate of drug-likeness (QED) is 0.819. The van der Waals surface area contributed by atoms with Crippen LogP contribution in [0.1, 0.15) is 45.4 Å². The minimum atomic E-state index is -0.720. The molecule has 0 aromatic carbocycles. The molecule has 0 bridgehead atoms. The van der Waals surface area contributed by atoms with Gasteiger partial charge in [0.25, 0.3) is 0 Å². The van der Waals surface area contributed by atoms with Gasteiger partial charge in [-0.1, -0.05) is 13.3 Å². The maximum Gasteiger partial charge on any atom is 0.306 e. The van der Waals surface area contributed by atoms with Gasteiger partial charge in [-0.25, -0.2) is 0 Å². The Hall–Kier alpha value is -1.10. The summed E-state index contributed by atoms with van der Waals surface area (Å²) < 4.78 is 0. The molecule has 2 aliphatic rings. The van der Waals surface area contributed by atoms with Gasteiger partial charge in [-0.3, -0.25) is 9.59 Å². The Labute approximate surface area is 120 Å². The van der Waals surface area contributed by atoms with Crippen LogP contribution >= 0.6 is 0 Å². The van der Waals surface area contributed by atoms with E-state index in [-0.39, 0.29) is 17.2 Å². The van der Waals surface area contributed by atoms with Gasteiger partial charge in [-0.2, -0.15) is 0 Å². The van der Waals surface area contributed by atoms with Crippen molar-refractivity contribution in [2.45, 2.75) is 45.4 Å². The van der Waals surface area contributed by atoms with Crippen LogP contribution in [0.3, 0.4) is 0 Å². The van der Waals surface area contributed by atoms with Crippen LogP contribution in [-0.4, -0.2) is 48.1 Å². The number of carboxylic acid groups (broad SMARTS) is 1. The van der Waals surface area contributed by atoms with E-state index in [1.165, 1.54) is 0 Å². The van der Waals surface area contributed by atoms with Crippen molar-refractivity contribution in [3.8, 4) is 0 Å². The molecule has 0 spiro atoms. The Morgan fingerprint density at radius 3 is 2.35 bits per heavy atom. The average Bonchev–Trinajstić information content (AvgIpc) is 2.48. The van der Waals surface area contributed by atoms with Crippen LogP contribution in [0.15, 0.2) is 0 Å². The Kier molecular flexibility index (Phi) is 5.02. The zero-order valence-corrected chi connectivity index (χ0v) is 12.4. The predicted molar refractivity (Wildman–Crippen MR) is 76.4 cm³/mol. The van der Waals surface area contributed by atoms with E-state index in [9.17, 15) is 9.59 Å².